The Kier molecular flexibility index (Phi) is 3.73. The van der Waals surface area contributed by atoms with Crippen molar-refractivity contribution in [1.29, 1.82) is 0 Å². The second-order valence-electron chi connectivity index (χ2n) is 6.01. The van der Waals surface area contributed by atoms with Gasteiger partial charge in [0.05, 0.1) is 0 Å². The second-order valence-corrected chi connectivity index (χ2v) is 6.01. The molecule has 2 unspecified atom stereocenters. The largest absolute Gasteiger partial charge is 0.384 e. The molecule has 1 saturated heterocycles. The number of aromatic nitrogens is 2. The van der Waals surface area contributed by atoms with Crippen LogP contribution in [0.1, 0.15) is 45.9 Å². The van der Waals surface area contributed by atoms with E-state index in [1.165, 1.54) is 6.42 Å². The molecular weight excluding hydrogens is 224 g/mol. The zero-order valence-corrected chi connectivity index (χ0v) is 11.8. The standard InChI is InChI=1S/C14H24N4/c1-9(2)14-16-12(15)6-13(17-14)18-7-10(3)5-11(4)8-18/h6,9-11H,5,7-8H2,1-4H3,(H2,15,16,17). The average molecular weight is 248 g/mol. The van der Waals surface area contributed by atoms with Gasteiger partial charge in [0.1, 0.15) is 17.5 Å². The summed E-state index contributed by atoms with van der Waals surface area (Å²) in [5.74, 6) is 4.15. The highest BCUT2D eigenvalue weighted by atomic mass is 15.2. The van der Waals surface area contributed by atoms with Gasteiger partial charge in [-0.1, -0.05) is 27.7 Å². The summed E-state index contributed by atoms with van der Waals surface area (Å²) in [6.45, 7) is 10.9. The lowest BCUT2D eigenvalue weighted by Gasteiger charge is -2.36. The van der Waals surface area contributed by atoms with Gasteiger partial charge >= 0.3 is 0 Å². The smallest absolute Gasteiger partial charge is 0.135 e. The molecule has 0 bridgehead atoms. The Morgan fingerprint density at radius 3 is 2.39 bits per heavy atom. The van der Waals surface area contributed by atoms with E-state index in [0.29, 0.717) is 23.6 Å². The fourth-order valence-electron chi connectivity index (χ4n) is 2.74. The number of hydrogen-bond acceptors (Lipinski definition) is 4. The van der Waals surface area contributed by atoms with Gasteiger partial charge in [-0.25, -0.2) is 9.97 Å². The Morgan fingerprint density at radius 2 is 1.83 bits per heavy atom. The van der Waals surface area contributed by atoms with Crippen molar-refractivity contribution in [2.75, 3.05) is 23.7 Å². The van der Waals surface area contributed by atoms with E-state index in [0.717, 1.165) is 24.7 Å². The molecule has 2 heterocycles. The van der Waals surface area contributed by atoms with Crippen molar-refractivity contribution in [1.82, 2.24) is 9.97 Å². The summed E-state index contributed by atoms with van der Waals surface area (Å²) in [4.78, 5) is 11.3. The monoisotopic (exact) mass is 248 g/mol. The molecule has 1 aliphatic rings. The van der Waals surface area contributed by atoms with Crippen LogP contribution in [0, 0.1) is 11.8 Å². The summed E-state index contributed by atoms with van der Waals surface area (Å²) >= 11 is 0. The molecule has 4 heteroatoms. The van der Waals surface area contributed by atoms with Crippen molar-refractivity contribution < 1.29 is 0 Å². The fraction of sp³-hybridized carbons (Fsp3) is 0.714. The summed E-state index contributed by atoms with van der Waals surface area (Å²) in [5.41, 5.74) is 5.90. The zero-order chi connectivity index (χ0) is 13.3. The average Bonchev–Trinajstić information content (AvgIpc) is 2.26. The maximum absolute atomic E-state index is 5.90. The van der Waals surface area contributed by atoms with Gasteiger partial charge < -0.3 is 10.6 Å². The Labute approximate surface area is 110 Å². The van der Waals surface area contributed by atoms with Crippen molar-refractivity contribution in [2.24, 2.45) is 11.8 Å². The molecular formula is C14H24N4. The van der Waals surface area contributed by atoms with Crippen LogP contribution < -0.4 is 10.6 Å². The van der Waals surface area contributed by atoms with Crippen LogP contribution in [-0.4, -0.2) is 23.1 Å². The van der Waals surface area contributed by atoms with Crippen molar-refractivity contribution in [3.05, 3.63) is 11.9 Å². The van der Waals surface area contributed by atoms with Crippen LogP contribution in [0.5, 0.6) is 0 Å². The third-order valence-corrected chi connectivity index (χ3v) is 3.46. The molecule has 0 aromatic carbocycles. The van der Waals surface area contributed by atoms with Gasteiger partial charge in [-0.2, -0.15) is 0 Å². The van der Waals surface area contributed by atoms with Gasteiger partial charge in [0.15, 0.2) is 0 Å². The van der Waals surface area contributed by atoms with Crippen molar-refractivity contribution in [2.45, 2.75) is 40.0 Å². The first-order valence-electron chi connectivity index (χ1n) is 6.85. The highest BCUT2D eigenvalue weighted by Gasteiger charge is 2.23. The topological polar surface area (TPSA) is 55.0 Å². The summed E-state index contributed by atoms with van der Waals surface area (Å²) < 4.78 is 0. The molecule has 1 aliphatic heterocycles. The van der Waals surface area contributed by atoms with Crippen LogP contribution >= 0.6 is 0 Å². The highest BCUT2D eigenvalue weighted by Crippen LogP contribution is 2.26. The molecule has 2 N–H and O–H groups in total. The highest BCUT2D eigenvalue weighted by molar-refractivity contribution is 5.47. The third kappa shape index (κ3) is 2.92. The Bertz CT molecular complexity index is 406. The molecule has 0 saturated carbocycles. The predicted octanol–water partition coefficient (Wildman–Crippen LogP) is 2.66. The van der Waals surface area contributed by atoms with E-state index in [1.807, 2.05) is 6.07 Å². The van der Waals surface area contributed by atoms with E-state index >= 15 is 0 Å². The number of rotatable bonds is 2. The Morgan fingerprint density at radius 1 is 1.22 bits per heavy atom. The summed E-state index contributed by atoms with van der Waals surface area (Å²) in [7, 11) is 0. The molecule has 2 atom stereocenters. The number of nitrogens with two attached hydrogens (primary N) is 1. The molecule has 0 aliphatic carbocycles. The van der Waals surface area contributed by atoms with E-state index in [2.05, 4.69) is 42.6 Å². The molecule has 0 amide bonds. The SMILES string of the molecule is CC1CC(C)CN(c2cc(N)nc(C(C)C)n2)C1. The van der Waals surface area contributed by atoms with Crippen LogP contribution in [0.2, 0.25) is 0 Å². The van der Waals surface area contributed by atoms with Crippen LogP contribution in [0.25, 0.3) is 0 Å². The van der Waals surface area contributed by atoms with Crippen LogP contribution in [0.4, 0.5) is 11.6 Å². The third-order valence-electron chi connectivity index (χ3n) is 3.46. The number of nitrogens with zero attached hydrogens (tertiary/aromatic N) is 3. The van der Waals surface area contributed by atoms with E-state index in [-0.39, 0.29) is 0 Å². The van der Waals surface area contributed by atoms with E-state index < -0.39 is 0 Å². The first kappa shape index (κ1) is 13.1. The van der Waals surface area contributed by atoms with Crippen LogP contribution in [0.15, 0.2) is 6.07 Å². The lowest BCUT2D eigenvalue weighted by atomic mass is 9.92. The molecule has 1 fully saturated rings. The zero-order valence-electron chi connectivity index (χ0n) is 11.8. The molecule has 18 heavy (non-hydrogen) atoms. The number of piperidine rings is 1. The number of anilines is 2. The lowest BCUT2D eigenvalue weighted by Crippen LogP contribution is -2.39. The van der Waals surface area contributed by atoms with Gasteiger partial charge in [0.2, 0.25) is 0 Å². The predicted molar refractivity (Wildman–Crippen MR) is 75.7 cm³/mol. The minimum Gasteiger partial charge on any atom is -0.384 e. The van der Waals surface area contributed by atoms with E-state index in [4.69, 9.17) is 5.73 Å². The van der Waals surface area contributed by atoms with E-state index in [1.54, 1.807) is 0 Å². The number of hydrogen-bond donors (Lipinski definition) is 1. The number of nitrogen functional groups attached to an aromatic ring is 1. The maximum atomic E-state index is 5.90. The maximum Gasteiger partial charge on any atom is 0.135 e. The Hall–Kier alpha value is -1.32. The summed E-state index contributed by atoms with van der Waals surface area (Å²) in [6.07, 6.45) is 1.30. The quantitative estimate of drug-likeness (QED) is 0.874. The fourth-order valence-corrected chi connectivity index (χ4v) is 2.74. The van der Waals surface area contributed by atoms with Crippen LogP contribution in [-0.2, 0) is 0 Å². The van der Waals surface area contributed by atoms with Gasteiger partial charge in [-0.15, -0.1) is 0 Å². The molecule has 0 radical (unpaired) electrons. The molecule has 2 rings (SSSR count). The van der Waals surface area contributed by atoms with Crippen molar-refractivity contribution >= 4 is 11.6 Å². The normalized spacial score (nSPS) is 24.6. The van der Waals surface area contributed by atoms with Gasteiger partial charge in [-0.3, -0.25) is 0 Å². The lowest BCUT2D eigenvalue weighted by molar-refractivity contribution is 0.355. The van der Waals surface area contributed by atoms with Gasteiger partial charge in [0, 0.05) is 25.1 Å². The summed E-state index contributed by atoms with van der Waals surface area (Å²) in [6, 6.07) is 1.90. The minimum absolute atomic E-state index is 0.312. The first-order valence-corrected chi connectivity index (χ1v) is 6.85. The van der Waals surface area contributed by atoms with Crippen molar-refractivity contribution in [3.8, 4) is 0 Å². The second kappa shape index (κ2) is 5.12. The molecule has 100 valence electrons. The van der Waals surface area contributed by atoms with Gasteiger partial charge in [0.25, 0.3) is 0 Å². The summed E-state index contributed by atoms with van der Waals surface area (Å²) in [5, 5.41) is 0. The molecule has 1 aromatic heterocycles. The van der Waals surface area contributed by atoms with Crippen LogP contribution in [0.3, 0.4) is 0 Å². The first-order chi connectivity index (χ1) is 8.45. The molecule has 1 aromatic rings. The Balaban J connectivity index is 2.26. The van der Waals surface area contributed by atoms with Gasteiger partial charge in [-0.05, 0) is 18.3 Å². The molecule has 4 nitrogen and oxygen atoms in total. The molecule has 0 spiro atoms. The van der Waals surface area contributed by atoms with E-state index in [9.17, 15) is 0 Å². The minimum atomic E-state index is 0.312. The van der Waals surface area contributed by atoms with Crippen molar-refractivity contribution in [3.63, 3.8) is 0 Å².